The van der Waals surface area contributed by atoms with Crippen LogP contribution in [0.2, 0.25) is 0 Å². The van der Waals surface area contributed by atoms with Gasteiger partial charge in [-0.2, -0.15) is 4.98 Å². The summed E-state index contributed by atoms with van der Waals surface area (Å²) >= 11 is 0. The molecule has 20 heavy (non-hydrogen) atoms. The monoisotopic (exact) mass is 281 g/mol. The highest BCUT2D eigenvalue weighted by atomic mass is 16.5. The molecule has 6 heteroatoms. The molecular weight excluding hydrogens is 258 g/mol. The van der Waals surface area contributed by atoms with Crippen molar-refractivity contribution in [2.75, 3.05) is 5.32 Å². The Balaban J connectivity index is 2.82. The summed E-state index contributed by atoms with van der Waals surface area (Å²) in [5.74, 6) is 0.0863. The number of carboxylic acids is 1. The van der Waals surface area contributed by atoms with Crippen molar-refractivity contribution in [1.29, 1.82) is 0 Å². The molecule has 0 aliphatic rings. The quantitative estimate of drug-likeness (QED) is 0.762. The van der Waals surface area contributed by atoms with Gasteiger partial charge in [0.05, 0.1) is 12.5 Å². The molecule has 1 unspecified atom stereocenters. The lowest BCUT2D eigenvalue weighted by molar-refractivity contribution is -0.137. The van der Waals surface area contributed by atoms with Gasteiger partial charge in [0.15, 0.2) is 0 Å². The number of hydrogen-bond acceptors (Lipinski definition) is 5. The van der Waals surface area contributed by atoms with Crippen LogP contribution >= 0.6 is 0 Å². The molecule has 0 aliphatic heterocycles. The largest absolute Gasteiger partial charge is 0.481 e. The van der Waals surface area contributed by atoms with Gasteiger partial charge in [0.2, 0.25) is 11.8 Å². The molecule has 1 rings (SSSR count). The Morgan fingerprint density at radius 3 is 2.70 bits per heavy atom. The fourth-order valence-electron chi connectivity index (χ4n) is 1.87. The summed E-state index contributed by atoms with van der Waals surface area (Å²) in [6, 6.07) is 1.59. The lowest BCUT2D eigenvalue weighted by Gasteiger charge is -2.17. The van der Waals surface area contributed by atoms with Crippen molar-refractivity contribution >= 4 is 11.9 Å². The first-order valence-corrected chi connectivity index (χ1v) is 6.91. The van der Waals surface area contributed by atoms with Crippen molar-refractivity contribution in [2.45, 2.75) is 59.1 Å². The van der Waals surface area contributed by atoms with Crippen LogP contribution in [0.3, 0.4) is 0 Å². The minimum Gasteiger partial charge on any atom is -0.481 e. The van der Waals surface area contributed by atoms with E-state index in [9.17, 15) is 4.79 Å². The summed E-state index contributed by atoms with van der Waals surface area (Å²) in [5.41, 5.74) is 0.781. The molecule has 1 aromatic rings. The number of aliphatic carboxylic acids is 1. The predicted octanol–water partition coefficient (Wildman–Crippen LogP) is 2.63. The Bertz CT molecular complexity index is 449. The zero-order valence-corrected chi connectivity index (χ0v) is 12.5. The highest BCUT2D eigenvalue weighted by Crippen LogP contribution is 2.16. The molecule has 0 saturated carbocycles. The van der Waals surface area contributed by atoms with E-state index in [1.807, 2.05) is 27.7 Å². The van der Waals surface area contributed by atoms with Gasteiger partial charge >= 0.3 is 5.97 Å². The van der Waals surface area contributed by atoms with E-state index in [1.165, 1.54) is 0 Å². The van der Waals surface area contributed by atoms with E-state index >= 15 is 0 Å². The summed E-state index contributed by atoms with van der Waals surface area (Å²) in [4.78, 5) is 19.4. The van der Waals surface area contributed by atoms with Crippen LogP contribution in [-0.2, 0) is 4.79 Å². The zero-order valence-electron chi connectivity index (χ0n) is 12.5. The highest BCUT2D eigenvalue weighted by molar-refractivity contribution is 5.68. The van der Waals surface area contributed by atoms with E-state index in [1.54, 1.807) is 6.07 Å². The van der Waals surface area contributed by atoms with Crippen molar-refractivity contribution in [3.63, 3.8) is 0 Å². The number of anilines is 1. The third-order valence-corrected chi connectivity index (χ3v) is 2.58. The maximum Gasteiger partial charge on any atom is 0.305 e. The first-order chi connectivity index (χ1) is 9.40. The molecule has 112 valence electrons. The van der Waals surface area contributed by atoms with Crippen LogP contribution < -0.4 is 10.1 Å². The van der Waals surface area contributed by atoms with Crippen molar-refractivity contribution in [3.05, 3.63) is 11.8 Å². The number of nitrogens with one attached hydrogen (secondary N) is 1. The minimum atomic E-state index is -0.831. The summed E-state index contributed by atoms with van der Waals surface area (Å²) in [5, 5.41) is 12.0. The Morgan fingerprint density at radius 1 is 1.45 bits per heavy atom. The van der Waals surface area contributed by atoms with E-state index in [2.05, 4.69) is 15.3 Å². The topological polar surface area (TPSA) is 84.3 Å². The molecule has 1 aromatic heterocycles. The van der Waals surface area contributed by atoms with Gasteiger partial charge in [-0.25, -0.2) is 4.98 Å². The molecule has 0 aliphatic carbocycles. The van der Waals surface area contributed by atoms with E-state index in [0.717, 1.165) is 18.5 Å². The predicted molar refractivity (Wildman–Crippen MR) is 77.1 cm³/mol. The Morgan fingerprint density at radius 2 is 2.15 bits per heavy atom. The van der Waals surface area contributed by atoms with Crippen molar-refractivity contribution in [3.8, 4) is 5.88 Å². The Hall–Kier alpha value is -1.85. The third kappa shape index (κ3) is 5.86. The summed E-state index contributed by atoms with van der Waals surface area (Å²) in [7, 11) is 0. The van der Waals surface area contributed by atoms with Crippen molar-refractivity contribution < 1.29 is 14.6 Å². The summed E-state index contributed by atoms with van der Waals surface area (Å²) in [6.45, 7) is 7.72. The van der Waals surface area contributed by atoms with Crippen LogP contribution in [0.5, 0.6) is 5.88 Å². The third-order valence-electron chi connectivity index (χ3n) is 2.58. The molecule has 1 heterocycles. The van der Waals surface area contributed by atoms with Gasteiger partial charge in [0.1, 0.15) is 0 Å². The average molecular weight is 281 g/mol. The smallest absolute Gasteiger partial charge is 0.305 e. The average Bonchev–Trinajstić information content (AvgIpc) is 2.25. The van der Waals surface area contributed by atoms with E-state index < -0.39 is 5.97 Å². The lowest BCUT2D eigenvalue weighted by Crippen LogP contribution is -2.24. The van der Waals surface area contributed by atoms with Crippen molar-refractivity contribution in [2.24, 2.45) is 0 Å². The van der Waals surface area contributed by atoms with Crippen LogP contribution in [0.4, 0.5) is 5.95 Å². The van der Waals surface area contributed by atoms with E-state index in [0.29, 0.717) is 11.8 Å². The van der Waals surface area contributed by atoms with Gasteiger partial charge in [-0.05, 0) is 27.2 Å². The van der Waals surface area contributed by atoms with Gasteiger partial charge < -0.3 is 15.2 Å². The Kier molecular flexibility index (Phi) is 6.21. The first kappa shape index (κ1) is 16.2. The van der Waals surface area contributed by atoms with Crippen molar-refractivity contribution in [1.82, 2.24) is 9.97 Å². The minimum absolute atomic E-state index is 0.0302. The van der Waals surface area contributed by atoms with E-state index in [4.69, 9.17) is 9.84 Å². The molecule has 0 saturated heterocycles. The highest BCUT2D eigenvalue weighted by Gasteiger charge is 2.14. The number of rotatable bonds is 8. The van der Waals surface area contributed by atoms with Gasteiger partial charge in [0.25, 0.3) is 0 Å². The number of carboxylic acid groups (broad SMARTS) is 1. The fourth-order valence-corrected chi connectivity index (χ4v) is 1.87. The first-order valence-electron chi connectivity index (χ1n) is 6.91. The molecule has 0 spiro atoms. The van der Waals surface area contributed by atoms with Gasteiger partial charge in [-0.15, -0.1) is 0 Å². The Labute approximate surface area is 119 Å². The lowest BCUT2D eigenvalue weighted by atomic mass is 10.1. The maximum atomic E-state index is 10.8. The second-order valence-corrected chi connectivity index (χ2v) is 5.07. The van der Waals surface area contributed by atoms with Crippen LogP contribution in [0.15, 0.2) is 6.07 Å². The number of ether oxygens (including phenoxy) is 1. The van der Waals surface area contributed by atoms with Gasteiger partial charge in [0, 0.05) is 17.8 Å². The SMILES string of the molecule is CCCC(CC(=O)O)Nc1nc(C)cc(OC(C)C)n1. The number of hydrogen-bond donors (Lipinski definition) is 2. The molecule has 2 N–H and O–H groups in total. The normalized spacial score (nSPS) is 12.2. The van der Waals surface area contributed by atoms with Gasteiger partial charge in [-0.1, -0.05) is 13.3 Å². The standard InChI is InChI=1S/C14H23N3O3/c1-5-6-11(8-13(18)19)16-14-15-10(4)7-12(17-14)20-9(2)3/h7,9,11H,5-6,8H2,1-4H3,(H,18,19)(H,15,16,17). The molecule has 0 bridgehead atoms. The number of aryl methyl sites for hydroxylation is 1. The molecule has 0 aromatic carbocycles. The second kappa shape index (κ2) is 7.67. The molecule has 6 nitrogen and oxygen atoms in total. The summed E-state index contributed by atoms with van der Waals surface area (Å²) < 4.78 is 5.55. The second-order valence-electron chi connectivity index (χ2n) is 5.07. The molecule has 0 fully saturated rings. The number of aromatic nitrogens is 2. The summed E-state index contributed by atoms with van der Waals surface area (Å²) in [6.07, 6.45) is 1.73. The zero-order chi connectivity index (χ0) is 15.1. The van der Waals surface area contributed by atoms with Crippen LogP contribution in [0.1, 0.15) is 45.7 Å². The fraction of sp³-hybridized carbons (Fsp3) is 0.643. The van der Waals surface area contributed by atoms with Gasteiger partial charge in [-0.3, -0.25) is 4.79 Å². The van der Waals surface area contributed by atoms with Crippen LogP contribution in [0, 0.1) is 6.92 Å². The van der Waals surface area contributed by atoms with E-state index in [-0.39, 0.29) is 18.6 Å². The maximum absolute atomic E-state index is 10.8. The number of carbonyl (C=O) groups is 1. The molecule has 0 amide bonds. The van der Waals surface area contributed by atoms with Crippen LogP contribution in [-0.4, -0.2) is 33.2 Å². The molecular formula is C14H23N3O3. The molecule has 1 atom stereocenters. The number of nitrogens with zero attached hydrogens (tertiary/aromatic N) is 2. The van der Waals surface area contributed by atoms with Crippen LogP contribution in [0.25, 0.3) is 0 Å². The molecule has 0 radical (unpaired) electrons.